The van der Waals surface area contributed by atoms with E-state index >= 15 is 0 Å². The van der Waals surface area contributed by atoms with Crippen LogP contribution in [-0.4, -0.2) is 15.0 Å². The average Bonchev–Trinajstić information content (AvgIpc) is 3.79. The molecule has 0 aliphatic rings. The summed E-state index contributed by atoms with van der Waals surface area (Å²) in [4.78, 5) is 15.8. The molecule has 0 radical (unpaired) electrons. The molecule has 0 atom stereocenters. The Kier molecular flexibility index (Phi) is 8.71. The molecule has 3 heterocycles. The Morgan fingerprint density at radius 1 is 0.277 bits per heavy atom. The van der Waals surface area contributed by atoms with Gasteiger partial charge in [-0.25, -0.2) is 15.0 Å². The summed E-state index contributed by atoms with van der Waals surface area (Å²) in [5.74, 6) is 0.677. The van der Waals surface area contributed by atoms with E-state index in [1.807, 2.05) is 12.1 Å². The lowest BCUT2D eigenvalue weighted by Gasteiger charge is -2.13. The fraction of sp³-hybridized carbons (Fsp3) is 0. The van der Waals surface area contributed by atoms with Crippen molar-refractivity contribution in [1.82, 2.24) is 15.0 Å². The largest absolute Gasteiger partial charge is 0.246 e. The molecule has 0 aliphatic heterocycles. The maximum absolute atomic E-state index is 5.53. The third-order valence-corrected chi connectivity index (χ3v) is 14.0. The Labute approximate surface area is 379 Å². The van der Waals surface area contributed by atoms with Gasteiger partial charge in [0.1, 0.15) is 0 Å². The maximum atomic E-state index is 5.53. The zero-order chi connectivity index (χ0) is 42.8. The number of aromatic nitrogens is 3. The summed E-state index contributed by atoms with van der Waals surface area (Å²) in [6.45, 7) is 0. The predicted molar refractivity (Wildman–Crippen MR) is 275 cm³/mol. The summed E-state index contributed by atoms with van der Waals surface area (Å²) in [6, 6.07) is 80.3. The molecule has 65 heavy (non-hydrogen) atoms. The molecule has 3 nitrogen and oxygen atoms in total. The molecule has 0 unspecified atom stereocenters. The summed E-state index contributed by atoms with van der Waals surface area (Å²) < 4.78 is 2.42. The number of pyridine rings is 1. The summed E-state index contributed by atoms with van der Waals surface area (Å²) in [7, 11) is 0. The molecule has 0 saturated carbocycles. The molecule has 4 heteroatoms. The molecule has 302 valence electrons. The van der Waals surface area contributed by atoms with Crippen molar-refractivity contribution in [2.45, 2.75) is 0 Å². The van der Waals surface area contributed by atoms with E-state index in [4.69, 9.17) is 15.0 Å². The van der Waals surface area contributed by atoms with Crippen LogP contribution in [0, 0.1) is 0 Å². The predicted octanol–water partition coefficient (Wildman–Crippen LogP) is 16.9. The summed E-state index contributed by atoms with van der Waals surface area (Å²) in [5.41, 5.74) is 12.4. The van der Waals surface area contributed by atoms with Crippen LogP contribution >= 0.6 is 11.3 Å². The van der Waals surface area contributed by atoms with Gasteiger partial charge in [-0.1, -0.05) is 194 Å². The number of rotatable bonds is 6. The summed E-state index contributed by atoms with van der Waals surface area (Å²) in [6.07, 6.45) is 0. The van der Waals surface area contributed by atoms with E-state index in [-0.39, 0.29) is 0 Å². The minimum atomic E-state index is 0.677. The molecule has 13 aromatic rings. The highest BCUT2D eigenvalue weighted by molar-refractivity contribution is 7.26. The highest BCUT2D eigenvalue weighted by Crippen LogP contribution is 2.44. The van der Waals surface area contributed by atoms with E-state index < -0.39 is 0 Å². The summed E-state index contributed by atoms with van der Waals surface area (Å²) in [5, 5.41) is 11.4. The van der Waals surface area contributed by atoms with E-state index in [9.17, 15) is 0 Å². The third-order valence-electron chi connectivity index (χ3n) is 12.9. The van der Waals surface area contributed by atoms with E-state index in [0.717, 1.165) is 61.4 Å². The van der Waals surface area contributed by atoms with Gasteiger partial charge in [0.15, 0.2) is 5.82 Å². The van der Waals surface area contributed by atoms with Crippen LogP contribution in [0.4, 0.5) is 0 Å². The van der Waals surface area contributed by atoms with Crippen LogP contribution in [0.25, 0.3) is 131 Å². The topological polar surface area (TPSA) is 38.7 Å². The minimum absolute atomic E-state index is 0.677. The lowest BCUT2D eigenvalue weighted by atomic mass is 9.91. The molecule has 0 amide bonds. The summed E-state index contributed by atoms with van der Waals surface area (Å²) >= 11 is 1.81. The van der Waals surface area contributed by atoms with Gasteiger partial charge in [0.05, 0.1) is 27.3 Å². The van der Waals surface area contributed by atoms with Gasteiger partial charge in [0, 0.05) is 43.1 Å². The molecule has 0 aliphatic carbocycles. The fourth-order valence-corrected chi connectivity index (χ4v) is 10.9. The SMILES string of the molecule is c1ccc(-c2cc(-c3ccccc3)nc(-c3cccc(-c4nc5cc(-c6ccc(-c7ccc8c9ccccc9c9ccccc9c8c7)cc6)ccc5c5c4sc4ccccc45)c3)n2)cc1. The average molecular weight is 844 g/mol. The van der Waals surface area contributed by atoms with Crippen LogP contribution in [0.15, 0.2) is 224 Å². The van der Waals surface area contributed by atoms with Crippen molar-refractivity contribution >= 4 is 74.7 Å². The van der Waals surface area contributed by atoms with Gasteiger partial charge < -0.3 is 0 Å². The van der Waals surface area contributed by atoms with Crippen LogP contribution in [0.2, 0.25) is 0 Å². The molecule has 0 spiro atoms. The van der Waals surface area contributed by atoms with E-state index in [2.05, 4.69) is 212 Å². The number of benzene rings is 10. The van der Waals surface area contributed by atoms with Crippen molar-refractivity contribution in [1.29, 1.82) is 0 Å². The second-order valence-corrected chi connectivity index (χ2v) is 17.8. The van der Waals surface area contributed by atoms with E-state index in [1.54, 1.807) is 11.3 Å². The van der Waals surface area contributed by atoms with Crippen molar-refractivity contribution in [3.8, 4) is 67.4 Å². The maximum Gasteiger partial charge on any atom is 0.160 e. The third kappa shape index (κ3) is 6.37. The van der Waals surface area contributed by atoms with Crippen molar-refractivity contribution in [2.24, 2.45) is 0 Å². The lowest BCUT2D eigenvalue weighted by Crippen LogP contribution is -1.96. The van der Waals surface area contributed by atoms with Crippen LogP contribution in [0.1, 0.15) is 0 Å². The molecular formula is C61H37N3S. The van der Waals surface area contributed by atoms with Gasteiger partial charge in [-0.15, -0.1) is 11.3 Å². The van der Waals surface area contributed by atoms with Gasteiger partial charge in [-0.3, -0.25) is 0 Å². The molecular weight excluding hydrogens is 807 g/mol. The molecule has 0 bridgehead atoms. The Morgan fingerprint density at radius 3 is 1.38 bits per heavy atom. The fourth-order valence-electron chi connectivity index (χ4n) is 9.70. The van der Waals surface area contributed by atoms with Gasteiger partial charge >= 0.3 is 0 Å². The molecule has 13 rings (SSSR count). The number of hydrogen-bond donors (Lipinski definition) is 0. The smallest absolute Gasteiger partial charge is 0.160 e. The van der Waals surface area contributed by atoms with Crippen LogP contribution in [-0.2, 0) is 0 Å². The van der Waals surface area contributed by atoms with E-state index in [1.165, 1.54) is 63.6 Å². The van der Waals surface area contributed by atoms with E-state index in [0.29, 0.717) is 5.82 Å². The number of fused-ring (bicyclic) bond motifs is 11. The lowest BCUT2D eigenvalue weighted by molar-refractivity contribution is 1.18. The first kappa shape index (κ1) is 37.3. The Hall–Kier alpha value is -8.31. The number of thiophene rings is 1. The second-order valence-electron chi connectivity index (χ2n) is 16.7. The molecule has 3 aromatic heterocycles. The normalized spacial score (nSPS) is 11.7. The monoisotopic (exact) mass is 843 g/mol. The highest BCUT2D eigenvalue weighted by atomic mass is 32.1. The van der Waals surface area contributed by atoms with Crippen LogP contribution in [0.3, 0.4) is 0 Å². The molecule has 0 saturated heterocycles. The minimum Gasteiger partial charge on any atom is -0.246 e. The zero-order valence-corrected chi connectivity index (χ0v) is 35.9. The first-order chi connectivity index (χ1) is 32.2. The van der Waals surface area contributed by atoms with Crippen LogP contribution in [0.5, 0.6) is 0 Å². The van der Waals surface area contributed by atoms with Crippen molar-refractivity contribution in [3.05, 3.63) is 224 Å². The first-order valence-electron chi connectivity index (χ1n) is 22.0. The van der Waals surface area contributed by atoms with Gasteiger partial charge in [0.25, 0.3) is 0 Å². The molecule has 0 fully saturated rings. The second kappa shape index (κ2) is 15.2. The van der Waals surface area contributed by atoms with Crippen molar-refractivity contribution in [3.63, 3.8) is 0 Å². The Balaban J connectivity index is 0.918. The van der Waals surface area contributed by atoms with Gasteiger partial charge in [-0.2, -0.15) is 0 Å². The number of hydrogen-bond acceptors (Lipinski definition) is 4. The molecule has 10 aromatic carbocycles. The highest BCUT2D eigenvalue weighted by Gasteiger charge is 2.19. The quantitative estimate of drug-likeness (QED) is 0.157. The first-order valence-corrected chi connectivity index (χ1v) is 22.8. The van der Waals surface area contributed by atoms with Crippen molar-refractivity contribution in [2.75, 3.05) is 0 Å². The van der Waals surface area contributed by atoms with Gasteiger partial charge in [-0.05, 0) is 84.9 Å². The van der Waals surface area contributed by atoms with Crippen molar-refractivity contribution < 1.29 is 0 Å². The Bertz CT molecular complexity index is 3890. The van der Waals surface area contributed by atoms with Crippen LogP contribution < -0.4 is 0 Å². The Morgan fingerprint density at radius 2 is 0.754 bits per heavy atom. The standard InChI is InChI=1S/C61H37N3S/c1-3-14-40(15-4-1)54-37-55(41-16-5-2-6-17-41)64-61(63-54)45-19-13-18-44(34-45)59-60-58(52-24-11-12-25-57(52)65-60)51-33-31-43(36-56(51)62-59)39-28-26-38(27-29-39)42-30-32-50-48-22-8-7-20-46(48)47-21-9-10-23-49(47)53(50)35-42/h1-37H. The van der Waals surface area contributed by atoms with Gasteiger partial charge in [0.2, 0.25) is 0 Å². The number of nitrogens with zero attached hydrogens (tertiary/aromatic N) is 3. The zero-order valence-electron chi connectivity index (χ0n) is 35.1. The molecule has 0 N–H and O–H groups in total.